The average molecular weight is 265 g/mol. The summed E-state index contributed by atoms with van der Waals surface area (Å²) in [6, 6.07) is 8.40. The van der Waals surface area contributed by atoms with E-state index < -0.39 is 0 Å². The van der Waals surface area contributed by atoms with E-state index >= 15 is 0 Å². The third-order valence-electron chi connectivity index (χ3n) is 3.01. The van der Waals surface area contributed by atoms with Gasteiger partial charge in [0, 0.05) is 12.3 Å². The summed E-state index contributed by atoms with van der Waals surface area (Å²) in [4.78, 5) is 1.48. The summed E-state index contributed by atoms with van der Waals surface area (Å²) >= 11 is 6.04. The van der Waals surface area contributed by atoms with Gasteiger partial charge in [0.25, 0.3) is 0 Å². The molecule has 96 valence electrons. The summed E-state index contributed by atoms with van der Waals surface area (Å²) in [6.45, 7) is 2.13. The molecule has 2 aromatic rings. The van der Waals surface area contributed by atoms with Crippen LogP contribution < -0.4 is 0 Å². The molecular weight excluding hydrogens is 248 g/mol. The quantitative estimate of drug-likeness (QED) is 0.778. The molecule has 0 radical (unpaired) electrons. The number of benzene rings is 1. The van der Waals surface area contributed by atoms with Gasteiger partial charge >= 0.3 is 0 Å². The Hall–Kier alpha value is -1.42. The Balaban J connectivity index is 2.04. The molecule has 0 fully saturated rings. The predicted octanol–water partition coefficient (Wildman–Crippen LogP) is 2.16. The van der Waals surface area contributed by atoms with E-state index in [0.717, 1.165) is 18.7 Å². The standard InChI is InChI=1S/C13H17ClN4/c1-10-5-3-4-6-12(10)7-11(9-14)8-13-15-17-18(2)16-13/h3-6,11H,7-9H2,1-2H3. The molecule has 0 saturated carbocycles. The lowest BCUT2D eigenvalue weighted by Gasteiger charge is -2.13. The van der Waals surface area contributed by atoms with Gasteiger partial charge in [-0.05, 0) is 35.6 Å². The maximum absolute atomic E-state index is 6.04. The summed E-state index contributed by atoms with van der Waals surface area (Å²) in [5.41, 5.74) is 2.65. The Bertz CT molecular complexity index is 509. The maximum atomic E-state index is 6.04. The molecular formula is C13H17ClN4. The number of aromatic nitrogens is 4. The molecule has 4 nitrogen and oxygen atoms in total. The molecule has 1 aromatic heterocycles. The van der Waals surface area contributed by atoms with Gasteiger partial charge < -0.3 is 0 Å². The molecule has 2 rings (SSSR count). The minimum atomic E-state index is 0.344. The van der Waals surface area contributed by atoms with Crippen molar-refractivity contribution >= 4 is 11.6 Å². The molecule has 0 aliphatic rings. The van der Waals surface area contributed by atoms with E-state index in [9.17, 15) is 0 Å². The van der Waals surface area contributed by atoms with Crippen LogP contribution in [0.4, 0.5) is 0 Å². The predicted molar refractivity (Wildman–Crippen MR) is 71.6 cm³/mol. The molecule has 5 heteroatoms. The van der Waals surface area contributed by atoms with Gasteiger partial charge in [0.05, 0.1) is 7.05 Å². The summed E-state index contributed by atoms with van der Waals surface area (Å²) in [5.74, 6) is 1.71. The van der Waals surface area contributed by atoms with E-state index in [1.807, 2.05) is 0 Å². The van der Waals surface area contributed by atoms with Gasteiger partial charge in [-0.3, -0.25) is 0 Å². The summed E-state index contributed by atoms with van der Waals surface area (Å²) in [7, 11) is 1.77. The lowest BCUT2D eigenvalue weighted by Crippen LogP contribution is -2.12. The number of tetrazole rings is 1. The highest BCUT2D eigenvalue weighted by Crippen LogP contribution is 2.17. The summed E-state index contributed by atoms with van der Waals surface area (Å²) < 4.78 is 0. The van der Waals surface area contributed by atoms with Crippen molar-refractivity contribution in [3.8, 4) is 0 Å². The minimum Gasteiger partial charge on any atom is -0.167 e. The molecule has 1 heterocycles. The molecule has 1 aromatic carbocycles. The van der Waals surface area contributed by atoms with Crippen LogP contribution in [0.2, 0.25) is 0 Å². The van der Waals surface area contributed by atoms with Gasteiger partial charge in [0.15, 0.2) is 5.82 Å². The zero-order valence-corrected chi connectivity index (χ0v) is 11.4. The van der Waals surface area contributed by atoms with E-state index in [1.165, 1.54) is 15.9 Å². The van der Waals surface area contributed by atoms with Gasteiger partial charge in [-0.15, -0.1) is 21.8 Å². The monoisotopic (exact) mass is 264 g/mol. The van der Waals surface area contributed by atoms with Gasteiger partial charge in [-0.2, -0.15) is 4.80 Å². The topological polar surface area (TPSA) is 43.6 Å². The third-order valence-corrected chi connectivity index (χ3v) is 3.45. The van der Waals surface area contributed by atoms with Crippen molar-refractivity contribution in [3.05, 3.63) is 41.2 Å². The molecule has 1 atom stereocenters. The largest absolute Gasteiger partial charge is 0.175 e. The lowest BCUT2D eigenvalue weighted by atomic mass is 9.95. The molecule has 0 spiro atoms. The first-order chi connectivity index (χ1) is 8.69. The lowest BCUT2D eigenvalue weighted by molar-refractivity contribution is 0.559. The van der Waals surface area contributed by atoms with Crippen molar-refractivity contribution in [1.82, 2.24) is 20.2 Å². The summed E-state index contributed by atoms with van der Waals surface area (Å²) in [5, 5.41) is 12.1. The van der Waals surface area contributed by atoms with Crippen molar-refractivity contribution in [3.63, 3.8) is 0 Å². The number of halogens is 1. The van der Waals surface area contributed by atoms with Crippen LogP contribution >= 0.6 is 11.6 Å². The van der Waals surface area contributed by atoms with Gasteiger partial charge in [-0.25, -0.2) is 0 Å². The first-order valence-corrected chi connectivity index (χ1v) is 6.56. The van der Waals surface area contributed by atoms with Crippen LogP contribution in [0.15, 0.2) is 24.3 Å². The Kier molecular flexibility index (Phi) is 4.31. The number of hydrogen-bond acceptors (Lipinski definition) is 3. The van der Waals surface area contributed by atoms with Crippen LogP contribution in [0.25, 0.3) is 0 Å². The van der Waals surface area contributed by atoms with E-state index in [-0.39, 0.29) is 0 Å². The van der Waals surface area contributed by atoms with Crippen molar-refractivity contribution in [2.75, 3.05) is 5.88 Å². The van der Waals surface area contributed by atoms with Crippen molar-refractivity contribution in [2.45, 2.75) is 19.8 Å². The van der Waals surface area contributed by atoms with Crippen LogP contribution in [0.3, 0.4) is 0 Å². The first kappa shape index (κ1) is 13.0. The van der Waals surface area contributed by atoms with E-state index in [0.29, 0.717) is 11.8 Å². The van der Waals surface area contributed by atoms with Crippen LogP contribution in [-0.4, -0.2) is 26.1 Å². The van der Waals surface area contributed by atoms with Crippen molar-refractivity contribution < 1.29 is 0 Å². The zero-order chi connectivity index (χ0) is 13.0. The molecule has 1 unspecified atom stereocenters. The van der Waals surface area contributed by atoms with E-state index in [2.05, 4.69) is 46.6 Å². The Labute approximate surface area is 112 Å². The van der Waals surface area contributed by atoms with E-state index in [1.54, 1.807) is 7.05 Å². The second-order valence-electron chi connectivity index (χ2n) is 4.55. The number of alkyl halides is 1. The van der Waals surface area contributed by atoms with Crippen LogP contribution in [0, 0.1) is 12.8 Å². The highest BCUT2D eigenvalue weighted by molar-refractivity contribution is 6.18. The second-order valence-corrected chi connectivity index (χ2v) is 4.86. The molecule has 0 saturated heterocycles. The molecule has 0 amide bonds. The molecule has 0 aliphatic carbocycles. The Morgan fingerprint density at radius 3 is 2.67 bits per heavy atom. The minimum absolute atomic E-state index is 0.344. The maximum Gasteiger partial charge on any atom is 0.175 e. The number of aryl methyl sites for hydroxylation is 2. The number of hydrogen-bond donors (Lipinski definition) is 0. The van der Waals surface area contributed by atoms with Crippen molar-refractivity contribution in [2.24, 2.45) is 13.0 Å². The smallest absolute Gasteiger partial charge is 0.167 e. The Morgan fingerprint density at radius 1 is 1.28 bits per heavy atom. The molecule has 0 aliphatic heterocycles. The van der Waals surface area contributed by atoms with Crippen LogP contribution in [0.5, 0.6) is 0 Å². The average Bonchev–Trinajstić information content (AvgIpc) is 2.76. The van der Waals surface area contributed by atoms with E-state index in [4.69, 9.17) is 11.6 Å². The fraction of sp³-hybridized carbons (Fsp3) is 0.462. The number of nitrogens with zero attached hydrogens (tertiary/aromatic N) is 4. The van der Waals surface area contributed by atoms with Crippen LogP contribution in [0.1, 0.15) is 17.0 Å². The first-order valence-electron chi connectivity index (χ1n) is 6.02. The SMILES string of the molecule is Cc1ccccc1CC(CCl)Cc1nnn(C)n1. The summed E-state index contributed by atoms with van der Waals surface area (Å²) in [6.07, 6.45) is 1.72. The normalized spacial score (nSPS) is 12.6. The molecule has 18 heavy (non-hydrogen) atoms. The van der Waals surface area contributed by atoms with Gasteiger partial charge in [-0.1, -0.05) is 24.3 Å². The van der Waals surface area contributed by atoms with Gasteiger partial charge in [0.1, 0.15) is 0 Å². The Morgan fingerprint density at radius 2 is 2.06 bits per heavy atom. The molecule has 0 bridgehead atoms. The fourth-order valence-electron chi connectivity index (χ4n) is 1.99. The molecule has 0 N–H and O–H groups in total. The third kappa shape index (κ3) is 3.29. The number of rotatable bonds is 5. The highest BCUT2D eigenvalue weighted by atomic mass is 35.5. The fourth-order valence-corrected chi connectivity index (χ4v) is 2.21. The highest BCUT2D eigenvalue weighted by Gasteiger charge is 2.13. The second kappa shape index (κ2) is 5.96. The van der Waals surface area contributed by atoms with Gasteiger partial charge in [0.2, 0.25) is 0 Å². The zero-order valence-electron chi connectivity index (χ0n) is 10.7. The van der Waals surface area contributed by atoms with Crippen molar-refractivity contribution in [1.29, 1.82) is 0 Å². The van der Waals surface area contributed by atoms with Crippen LogP contribution in [-0.2, 0) is 19.9 Å².